The number of nitrogens with one attached hydrogen (secondary N) is 1. The molecule has 0 spiro atoms. The fourth-order valence-electron chi connectivity index (χ4n) is 2.89. The molecule has 1 N–H and O–H groups in total. The van der Waals surface area contributed by atoms with Gasteiger partial charge in [-0.05, 0) is 43.2 Å². The number of carbonyl (C=O) groups excluding carboxylic acids is 1. The van der Waals surface area contributed by atoms with Crippen LogP contribution in [-0.2, 0) is 0 Å². The highest BCUT2D eigenvalue weighted by atomic mass is 35.5. The Morgan fingerprint density at radius 1 is 1.27 bits per heavy atom. The summed E-state index contributed by atoms with van der Waals surface area (Å²) in [4.78, 5) is 16.5. The minimum Gasteiger partial charge on any atom is -0.371 e. The van der Waals surface area contributed by atoms with E-state index in [0.29, 0.717) is 5.69 Å². The highest BCUT2D eigenvalue weighted by Gasteiger charge is 2.26. The van der Waals surface area contributed by atoms with Crippen LogP contribution in [0.2, 0.25) is 5.02 Å². The molecule has 2 heterocycles. The lowest BCUT2D eigenvalue weighted by molar-refractivity contribution is 0.0703. The van der Waals surface area contributed by atoms with Crippen LogP contribution in [0.25, 0.3) is 0 Å². The summed E-state index contributed by atoms with van der Waals surface area (Å²) in [5, 5.41) is 7.32. The van der Waals surface area contributed by atoms with Crippen molar-refractivity contribution in [2.75, 3.05) is 25.0 Å². The molecule has 5 nitrogen and oxygen atoms in total. The van der Waals surface area contributed by atoms with Crippen LogP contribution in [0.5, 0.6) is 0 Å². The van der Waals surface area contributed by atoms with E-state index in [2.05, 4.69) is 15.1 Å². The number of rotatable bonds is 3. The summed E-state index contributed by atoms with van der Waals surface area (Å²) < 4.78 is 0. The number of anilines is 1. The predicted molar refractivity (Wildman–Crippen MR) is 87.4 cm³/mol. The van der Waals surface area contributed by atoms with Crippen LogP contribution in [-0.4, -0.2) is 47.2 Å². The van der Waals surface area contributed by atoms with Gasteiger partial charge < -0.3 is 9.80 Å². The van der Waals surface area contributed by atoms with Gasteiger partial charge in [-0.1, -0.05) is 11.6 Å². The van der Waals surface area contributed by atoms with Gasteiger partial charge in [-0.3, -0.25) is 9.89 Å². The lowest BCUT2D eigenvalue weighted by Gasteiger charge is -2.37. The molecule has 2 aromatic rings. The fourth-order valence-corrected chi connectivity index (χ4v) is 3.02. The summed E-state index contributed by atoms with van der Waals surface area (Å²) >= 11 is 5.93. The average Bonchev–Trinajstić information content (AvgIpc) is 3.09. The molecule has 22 heavy (non-hydrogen) atoms. The van der Waals surface area contributed by atoms with Gasteiger partial charge >= 0.3 is 0 Å². The van der Waals surface area contributed by atoms with Gasteiger partial charge in [0, 0.05) is 43.1 Å². The largest absolute Gasteiger partial charge is 0.371 e. The van der Waals surface area contributed by atoms with Crippen LogP contribution in [0.15, 0.2) is 36.5 Å². The van der Waals surface area contributed by atoms with Crippen molar-refractivity contribution in [2.45, 2.75) is 18.9 Å². The minimum atomic E-state index is 0.00226. The van der Waals surface area contributed by atoms with E-state index in [4.69, 9.17) is 11.6 Å². The Balaban J connectivity index is 1.59. The normalized spacial score (nSPS) is 15.8. The summed E-state index contributed by atoms with van der Waals surface area (Å²) in [6, 6.07) is 9.89. The van der Waals surface area contributed by atoms with Crippen LogP contribution < -0.4 is 4.90 Å². The summed E-state index contributed by atoms with van der Waals surface area (Å²) in [5.41, 5.74) is 1.73. The van der Waals surface area contributed by atoms with E-state index in [1.54, 1.807) is 12.3 Å². The topological polar surface area (TPSA) is 52.2 Å². The molecule has 1 aliphatic heterocycles. The first-order valence-corrected chi connectivity index (χ1v) is 7.80. The van der Waals surface area contributed by atoms with E-state index in [-0.39, 0.29) is 11.9 Å². The Morgan fingerprint density at radius 3 is 2.55 bits per heavy atom. The molecule has 3 rings (SSSR count). The molecule has 1 aromatic carbocycles. The molecule has 1 saturated heterocycles. The number of aromatic amines is 1. The van der Waals surface area contributed by atoms with Crippen LogP contribution >= 0.6 is 11.6 Å². The zero-order valence-corrected chi connectivity index (χ0v) is 13.3. The standard InChI is InChI=1S/C16H19ClN4O/c1-20(16(22)15-6-9-18-19-15)13-7-10-21(11-8-13)14-4-2-12(17)3-5-14/h2-6,9,13H,7-8,10-11H2,1H3,(H,18,19). The Bertz CT molecular complexity index is 618. The highest BCUT2D eigenvalue weighted by molar-refractivity contribution is 6.30. The van der Waals surface area contributed by atoms with Crippen molar-refractivity contribution < 1.29 is 4.79 Å². The van der Waals surface area contributed by atoms with Crippen molar-refractivity contribution in [3.8, 4) is 0 Å². The number of nitrogens with zero attached hydrogens (tertiary/aromatic N) is 3. The Kier molecular flexibility index (Phi) is 4.34. The maximum absolute atomic E-state index is 12.3. The highest BCUT2D eigenvalue weighted by Crippen LogP contribution is 2.24. The number of carbonyl (C=O) groups is 1. The number of aromatic nitrogens is 2. The number of piperidine rings is 1. The number of benzene rings is 1. The third-order valence-corrected chi connectivity index (χ3v) is 4.51. The summed E-state index contributed by atoms with van der Waals surface area (Å²) in [6.07, 6.45) is 3.52. The monoisotopic (exact) mass is 318 g/mol. The van der Waals surface area contributed by atoms with E-state index in [0.717, 1.165) is 31.0 Å². The number of H-pyrrole nitrogens is 1. The fraction of sp³-hybridized carbons (Fsp3) is 0.375. The molecular weight excluding hydrogens is 300 g/mol. The molecule has 1 fully saturated rings. The van der Waals surface area contributed by atoms with Crippen molar-refractivity contribution in [2.24, 2.45) is 0 Å². The molecule has 0 unspecified atom stereocenters. The van der Waals surface area contributed by atoms with Gasteiger partial charge in [-0.25, -0.2) is 0 Å². The number of hydrogen-bond acceptors (Lipinski definition) is 3. The average molecular weight is 319 g/mol. The second-order valence-electron chi connectivity index (χ2n) is 5.58. The maximum atomic E-state index is 12.3. The zero-order chi connectivity index (χ0) is 15.5. The SMILES string of the molecule is CN(C(=O)c1ccn[nH]1)C1CCN(c2ccc(Cl)cc2)CC1. The van der Waals surface area contributed by atoms with E-state index in [1.807, 2.05) is 36.2 Å². The second kappa shape index (κ2) is 6.40. The van der Waals surface area contributed by atoms with Gasteiger partial charge in [0.05, 0.1) is 0 Å². The van der Waals surface area contributed by atoms with Crippen molar-refractivity contribution in [3.05, 3.63) is 47.2 Å². The molecule has 0 atom stereocenters. The zero-order valence-electron chi connectivity index (χ0n) is 12.5. The summed E-state index contributed by atoms with van der Waals surface area (Å²) in [7, 11) is 1.87. The van der Waals surface area contributed by atoms with Crippen molar-refractivity contribution in [1.29, 1.82) is 0 Å². The van der Waals surface area contributed by atoms with Gasteiger partial charge in [0.1, 0.15) is 5.69 Å². The Labute approximate surface area is 134 Å². The summed E-state index contributed by atoms with van der Waals surface area (Å²) in [5.74, 6) is 0.00226. The number of amides is 1. The third-order valence-electron chi connectivity index (χ3n) is 4.26. The van der Waals surface area contributed by atoms with Crippen molar-refractivity contribution in [1.82, 2.24) is 15.1 Å². The van der Waals surface area contributed by atoms with Crippen LogP contribution in [0.1, 0.15) is 23.3 Å². The Morgan fingerprint density at radius 2 is 1.95 bits per heavy atom. The van der Waals surface area contributed by atoms with Gasteiger partial charge in [0.25, 0.3) is 5.91 Å². The lowest BCUT2D eigenvalue weighted by Crippen LogP contribution is -2.45. The van der Waals surface area contributed by atoms with E-state index in [1.165, 1.54) is 5.69 Å². The number of halogens is 1. The molecule has 1 amide bonds. The minimum absolute atomic E-state index is 0.00226. The predicted octanol–water partition coefficient (Wildman–Crippen LogP) is 2.80. The van der Waals surface area contributed by atoms with Gasteiger partial charge in [0.15, 0.2) is 0 Å². The van der Waals surface area contributed by atoms with Crippen molar-refractivity contribution >= 4 is 23.2 Å². The van der Waals surface area contributed by atoms with Crippen molar-refractivity contribution in [3.63, 3.8) is 0 Å². The smallest absolute Gasteiger partial charge is 0.271 e. The molecule has 116 valence electrons. The maximum Gasteiger partial charge on any atom is 0.271 e. The summed E-state index contributed by atoms with van der Waals surface area (Å²) in [6.45, 7) is 1.87. The van der Waals surface area contributed by atoms with Gasteiger partial charge in [-0.15, -0.1) is 0 Å². The molecule has 0 aliphatic carbocycles. The van der Waals surface area contributed by atoms with E-state index >= 15 is 0 Å². The van der Waals surface area contributed by atoms with Crippen LogP contribution in [0.4, 0.5) is 5.69 Å². The van der Waals surface area contributed by atoms with Gasteiger partial charge in [-0.2, -0.15) is 5.10 Å². The molecule has 1 aliphatic rings. The lowest BCUT2D eigenvalue weighted by atomic mass is 10.0. The first-order chi connectivity index (χ1) is 10.6. The molecule has 1 aromatic heterocycles. The van der Waals surface area contributed by atoms with Crippen LogP contribution in [0, 0.1) is 0 Å². The molecule has 0 radical (unpaired) electrons. The Hall–Kier alpha value is -2.01. The van der Waals surface area contributed by atoms with E-state index in [9.17, 15) is 4.79 Å². The molecule has 0 bridgehead atoms. The first-order valence-electron chi connectivity index (χ1n) is 7.42. The quantitative estimate of drug-likeness (QED) is 0.946. The molecular formula is C16H19ClN4O. The first kappa shape index (κ1) is 14.9. The number of hydrogen-bond donors (Lipinski definition) is 1. The molecule has 0 saturated carbocycles. The molecule has 6 heteroatoms. The third kappa shape index (κ3) is 3.09. The van der Waals surface area contributed by atoms with Crippen LogP contribution in [0.3, 0.4) is 0 Å². The van der Waals surface area contributed by atoms with Gasteiger partial charge in [0.2, 0.25) is 0 Å². The van der Waals surface area contributed by atoms with E-state index < -0.39 is 0 Å². The second-order valence-corrected chi connectivity index (χ2v) is 6.02.